The molecule has 3 aliphatic rings. The summed E-state index contributed by atoms with van der Waals surface area (Å²) in [5.41, 5.74) is 0.731. The first kappa shape index (κ1) is 9.55. The maximum absolute atomic E-state index is 2.54. The van der Waals surface area contributed by atoms with E-state index in [1.807, 2.05) is 0 Å². The molecule has 2 bridgehead atoms. The highest BCUT2D eigenvalue weighted by Crippen LogP contribution is 2.42. The summed E-state index contributed by atoms with van der Waals surface area (Å²) in [5.74, 6) is 1.10. The van der Waals surface area contributed by atoms with Gasteiger partial charge in [0.25, 0.3) is 0 Å². The standard InChI is InChI=1S/C13H24/c1-13-9-3-2-6-12(7-4-10-13)8-5-11-13/h12H,2-11H2,1H3. The maximum atomic E-state index is 2.54. The number of hydrogen-bond donors (Lipinski definition) is 0. The fraction of sp³-hybridized carbons (Fsp3) is 1.00. The summed E-state index contributed by atoms with van der Waals surface area (Å²) in [6.07, 6.45) is 15.2. The monoisotopic (exact) mass is 180 g/mol. The minimum atomic E-state index is 0.731. The molecule has 3 fully saturated rings. The van der Waals surface area contributed by atoms with E-state index in [0.29, 0.717) is 0 Å². The lowest BCUT2D eigenvalue weighted by molar-refractivity contribution is 0.210. The van der Waals surface area contributed by atoms with Crippen LogP contribution in [0.4, 0.5) is 0 Å². The molecule has 0 aromatic rings. The van der Waals surface area contributed by atoms with Crippen LogP contribution >= 0.6 is 0 Å². The van der Waals surface area contributed by atoms with Gasteiger partial charge in [0.2, 0.25) is 0 Å². The minimum Gasteiger partial charge on any atom is -0.0596 e. The molecule has 0 radical (unpaired) electrons. The van der Waals surface area contributed by atoms with Gasteiger partial charge in [-0.2, -0.15) is 0 Å². The Morgan fingerprint density at radius 2 is 1.31 bits per heavy atom. The Kier molecular flexibility index (Phi) is 2.96. The largest absolute Gasteiger partial charge is 0.0596 e. The smallest absolute Gasteiger partial charge is 0.0326 e. The Balaban J connectivity index is 2.05. The molecule has 0 N–H and O–H groups in total. The fourth-order valence-corrected chi connectivity index (χ4v) is 3.43. The van der Waals surface area contributed by atoms with Crippen molar-refractivity contribution in [1.82, 2.24) is 0 Å². The molecule has 76 valence electrons. The molecule has 0 saturated heterocycles. The van der Waals surface area contributed by atoms with Crippen molar-refractivity contribution in [3.8, 4) is 0 Å². The van der Waals surface area contributed by atoms with Crippen LogP contribution in [-0.4, -0.2) is 0 Å². The van der Waals surface area contributed by atoms with Gasteiger partial charge >= 0.3 is 0 Å². The van der Waals surface area contributed by atoms with E-state index in [0.717, 1.165) is 11.3 Å². The molecule has 0 heteroatoms. The molecule has 0 nitrogen and oxygen atoms in total. The molecule has 0 aromatic heterocycles. The first-order valence-electron chi connectivity index (χ1n) is 6.29. The van der Waals surface area contributed by atoms with Crippen molar-refractivity contribution in [3.05, 3.63) is 0 Å². The fourth-order valence-electron chi connectivity index (χ4n) is 3.43. The molecular formula is C13H24. The summed E-state index contributed by atoms with van der Waals surface area (Å²) < 4.78 is 0. The lowest BCUT2D eigenvalue weighted by Crippen LogP contribution is -2.18. The van der Waals surface area contributed by atoms with Crippen molar-refractivity contribution in [3.63, 3.8) is 0 Å². The predicted molar refractivity (Wildman–Crippen MR) is 57.8 cm³/mol. The SMILES string of the molecule is CC12CCCCC(CCC1)CCC2. The van der Waals surface area contributed by atoms with E-state index in [-0.39, 0.29) is 0 Å². The van der Waals surface area contributed by atoms with Gasteiger partial charge in [-0.15, -0.1) is 0 Å². The average molecular weight is 180 g/mol. The van der Waals surface area contributed by atoms with Crippen LogP contribution in [0.25, 0.3) is 0 Å². The van der Waals surface area contributed by atoms with Crippen molar-refractivity contribution >= 4 is 0 Å². The Labute approximate surface area is 83.1 Å². The first-order valence-corrected chi connectivity index (χ1v) is 6.29. The lowest BCUT2D eigenvalue weighted by atomic mass is 9.74. The summed E-state index contributed by atoms with van der Waals surface area (Å²) >= 11 is 0. The van der Waals surface area contributed by atoms with Crippen molar-refractivity contribution in [2.24, 2.45) is 11.3 Å². The van der Waals surface area contributed by atoms with E-state index in [4.69, 9.17) is 0 Å². The predicted octanol–water partition coefficient (Wildman–Crippen LogP) is 4.54. The van der Waals surface area contributed by atoms with Crippen LogP contribution in [0.3, 0.4) is 0 Å². The molecule has 3 aliphatic carbocycles. The highest BCUT2D eigenvalue weighted by atomic mass is 14.3. The van der Waals surface area contributed by atoms with E-state index >= 15 is 0 Å². The van der Waals surface area contributed by atoms with Gasteiger partial charge in [0, 0.05) is 0 Å². The highest BCUT2D eigenvalue weighted by Gasteiger charge is 2.27. The lowest BCUT2D eigenvalue weighted by Gasteiger charge is -2.31. The van der Waals surface area contributed by atoms with Gasteiger partial charge in [-0.05, 0) is 30.6 Å². The molecule has 0 spiro atoms. The van der Waals surface area contributed by atoms with E-state index in [1.165, 1.54) is 64.2 Å². The van der Waals surface area contributed by atoms with Gasteiger partial charge in [0.05, 0.1) is 0 Å². The van der Waals surface area contributed by atoms with Crippen LogP contribution in [0.1, 0.15) is 71.1 Å². The van der Waals surface area contributed by atoms with Crippen LogP contribution < -0.4 is 0 Å². The summed E-state index contributed by atoms with van der Waals surface area (Å²) in [5, 5.41) is 0. The van der Waals surface area contributed by atoms with Crippen molar-refractivity contribution in [2.75, 3.05) is 0 Å². The van der Waals surface area contributed by atoms with Crippen molar-refractivity contribution in [1.29, 1.82) is 0 Å². The van der Waals surface area contributed by atoms with Crippen LogP contribution in [-0.2, 0) is 0 Å². The van der Waals surface area contributed by atoms with Gasteiger partial charge < -0.3 is 0 Å². The zero-order valence-corrected chi connectivity index (χ0v) is 9.15. The summed E-state index contributed by atoms with van der Waals surface area (Å²) in [6.45, 7) is 2.54. The third kappa shape index (κ3) is 2.48. The average Bonchev–Trinajstić information content (AvgIpc) is 2.20. The molecule has 0 amide bonds. The minimum absolute atomic E-state index is 0.731. The molecule has 13 heavy (non-hydrogen) atoms. The Bertz CT molecular complexity index is 144. The molecule has 0 unspecified atom stereocenters. The second-order valence-corrected chi connectivity index (χ2v) is 5.71. The molecule has 0 atom stereocenters. The second kappa shape index (κ2) is 4.02. The zero-order valence-electron chi connectivity index (χ0n) is 9.15. The van der Waals surface area contributed by atoms with Gasteiger partial charge in [0.15, 0.2) is 0 Å². The number of rotatable bonds is 0. The number of fused-ring (bicyclic) bond motifs is 7. The number of hydrogen-bond acceptors (Lipinski definition) is 0. The van der Waals surface area contributed by atoms with Crippen LogP contribution in [0, 0.1) is 11.3 Å². The highest BCUT2D eigenvalue weighted by molar-refractivity contribution is 4.80. The summed E-state index contributed by atoms with van der Waals surface area (Å²) in [4.78, 5) is 0. The van der Waals surface area contributed by atoms with Crippen LogP contribution in [0.5, 0.6) is 0 Å². The summed E-state index contributed by atoms with van der Waals surface area (Å²) in [7, 11) is 0. The molecule has 0 aliphatic heterocycles. The van der Waals surface area contributed by atoms with E-state index < -0.39 is 0 Å². The second-order valence-electron chi connectivity index (χ2n) is 5.71. The molecule has 3 saturated carbocycles. The van der Waals surface area contributed by atoms with Crippen molar-refractivity contribution in [2.45, 2.75) is 71.1 Å². The summed E-state index contributed by atoms with van der Waals surface area (Å²) in [6, 6.07) is 0. The van der Waals surface area contributed by atoms with Crippen molar-refractivity contribution < 1.29 is 0 Å². The zero-order chi connectivity index (χ0) is 9.15. The maximum Gasteiger partial charge on any atom is -0.0326 e. The van der Waals surface area contributed by atoms with E-state index in [2.05, 4.69) is 6.92 Å². The van der Waals surface area contributed by atoms with Gasteiger partial charge in [-0.25, -0.2) is 0 Å². The Hall–Kier alpha value is 0. The third-order valence-electron chi connectivity index (χ3n) is 4.43. The van der Waals surface area contributed by atoms with E-state index in [1.54, 1.807) is 0 Å². The van der Waals surface area contributed by atoms with E-state index in [9.17, 15) is 0 Å². The Morgan fingerprint density at radius 3 is 2.00 bits per heavy atom. The first-order chi connectivity index (χ1) is 6.29. The molecule has 0 heterocycles. The normalized spacial score (nSPS) is 41.8. The molecule has 3 rings (SSSR count). The van der Waals surface area contributed by atoms with Gasteiger partial charge in [-0.1, -0.05) is 51.9 Å². The van der Waals surface area contributed by atoms with Crippen LogP contribution in [0.15, 0.2) is 0 Å². The topological polar surface area (TPSA) is 0 Å². The third-order valence-corrected chi connectivity index (χ3v) is 4.43. The van der Waals surface area contributed by atoms with Gasteiger partial charge in [-0.3, -0.25) is 0 Å². The Morgan fingerprint density at radius 1 is 0.769 bits per heavy atom. The van der Waals surface area contributed by atoms with Crippen LogP contribution in [0.2, 0.25) is 0 Å². The van der Waals surface area contributed by atoms with Gasteiger partial charge in [0.1, 0.15) is 0 Å². The molecular weight excluding hydrogens is 156 g/mol. The molecule has 0 aromatic carbocycles. The quantitative estimate of drug-likeness (QED) is 0.513.